The minimum atomic E-state index is -1.33. The molecule has 2 fully saturated rings. The average molecular weight is 693 g/mol. The summed E-state index contributed by atoms with van der Waals surface area (Å²) in [6.07, 6.45) is 5.86. The van der Waals surface area contributed by atoms with Crippen LogP contribution in [0.1, 0.15) is 45.4 Å². The molecule has 4 aromatic rings. The van der Waals surface area contributed by atoms with Crippen LogP contribution < -0.4 is 25.0 Å². The Morgan fingerprint density at radius 1 is 1.06 bits per heavy atom. The number of benzene rings is 1. The molecular weight excluding hydrogens is 645 g/mol. The van der Waals surface area contributed by atoms with Gasteiger partial charge < -0.3 is 34.3 Å². The van der Waals surface area contributed by atoms with E-state index in [4.69, 9.17) is 14.2 Å². The van der Waals surface area contributed by atoms with Gasteiger partial charge in [0.05, 0.1) is 36.8 Å². The molecule has 1 aromatic carbocycles. The van der Waals surface area contributed by atoms with E-state index in [0.717, 1.165) is 68.2 Å². The molecule has 2 aliphatic heterocycles. The highest BCUT2D eigenvalue weighted by atomic mass is 32.2. The molecule has 264 valence electrons. The van der Waals surface area contributed by atoms with Crippen molar-refractivity contribution in [2.45, 2.75) is 69.8 Å². The summed E-state index contributed by atoms with van der Waals surface area (Å²) in [5.41, 5.74) is 2.62. The van der Waals surface area contributed by atoms with Crippen LogP contribution in [-0.4, -0.2) is 116 Å². The van der Waals surface area contributed by atoms with E-state index in [0.29, 0.717) is 59.5 Å². The fourth-order valence-electron chi connectivity index (χ4n) is 5.70. The number of morpholine rings is 1. The molecule has 2 saturated heterocycles. The predicted octanol–water partition coefficient (Wildman–Crippen LogP) is 3.76. The molecule has 0 saturated carbocycles. The number of anilines is 3. The highest BCUT2D eigenvalue weighted by Gasteiger charge is 2.32. The fourth-order valence-corrected chi connectivity index (χ4v) is 6.88. The lowest BCUT2D eigenvalue weighted by Crippen LogP contribution is -2.47. The molecule has 0 aliphatic carbocycles. The Morgan fingerprint density at radius 2 is 1.84 bits per heavy atom. The van der Waals surface area contributed by atoms with Gasteiger partial charge in [-0.2, -0.15) is 5.10 Å². The van der Waals surface area contributed by atoms with Crippen LogP contribution in [0.3, 0.4) is 0 Å². The zero-order valence-corrected chi connectivity index (χ0v) is 30.1. The Hall–Kier alpha value is -3.76. The molecule has 6 rings (SSSR count). The van der Waals surface area contributed by atoms with E-state index >= 15 is 0 Å². The third-order valence-corrected chi connectivity index (χ3v) is 10.6. The average Bonchev–Trinajstić information content (AvgIpc) is 3.41. The Bertz CT molecular complexity index is 1680. The maximum atomic E-state index is 13.7. The highest BCUT2D eigenvalue weighted by molar-refractivity contribution is 7.92. The largest absolute Gasteiger partial charge is 0.611 e. The van der Waals surface area contributed by atoms with Crippen molar-refractivity contribution >= 4 is 39.7 Å². The number of hydrogen-bond acceptors (Lipinski definition) is 13. The van der Waals surface area contributed by atoms with E-state index in [-0.39, 0.29) is 6.10 Å². The minimum Gasteiger partial charge on any atom is -0.611 e. The summed E-state index contributed by atoms with van der Waals surface area (Å²) in [7, 11) is 0. The molecule has 49 heavy (non-hydrogen) atoms. The number of H-pyrrole nitrogens is 1. The van der Waals surface area contributed by atoms with Gasteiger partial charge in [0, 0.05) is 68.4 Å². The second kappa shape index (κ2) is 15.4. The maximum absolute atomic E-state index is 13.7. The van der Waals surface area contributed by atoms with Crippen molar-refractivity contribution in [3.63, 3.8) is 0 Å². The maximum Gasteiger partial charge on any atom is 0.225 e. The fraction of sp³-hybridized carbons (Fsp3) is 0.559. The van der Waals surface area contributed by atoms with Crippen LogP contribution in [-0.2, 0) is 15.9 Å². The quantitative estimate of drug-likeness (QED) is 0.146. The van der Waals surface area contributed by atoms with E-state index < -0.39 is 15.9 Å². The lowest BCUT2D eigenvalue weighted by molar-refractivity contribution is -0.0166. The molecule has 2 unspecified atom stereocenters. The molecule has 0 radical (unpaired) electrons. The Kier molecular flexibility index (Phi) is 11.0. The second-order valence-corrected chi connectivity index (χ2v) is 15.9. The van der Waals surface area contributed by atoms with Gasteiger partial charge >= 0.3 is 0 Å². The molecule has 0 bridgehead atoms. The van der Waals surface area contributed by atoms with Gasteiger partial charge in [-0.05, 0) is 59.1 Å². The first-order chi connectivity index (χ1) is 23.5. The van der Waals surface area contributed by atoms with Crippen LogP contribution in [0.2, 0.25) is 0 Å². The van der Waals surface area contributed by atoms with E-state index in [2.05, 4.69) is 57.5 Å². The summed E-state index contributed by atoms with van der Waals surface area (Å²) < 4.78 is 31.2. The summed E-state index contributed by atoms with van der Waals surface area (Å²) in [4.78, 5) is 23.4. The number of fused-ring (bicyclic) bond motifs is 1. The first kappa shape index (κ1) is 35.1. The van der Waals surface area contributed by atoms with Gasteiger partial charge in [0.1, 0.15) is 35.4 Å². The predicted molar refractivity (Wildman–Crippen MR) is 191 cm³/mol. The first-order valence-corrected chi connectivity index (χ1v) is 18.1. The summed E-state index contributed by atoms with van der Waals surface area (Å²) in [6.45, 7) is 18.8. The van der Waals surface area contributed by atoms with E-state index in [1.165, 1.54) is 6.33 Å². The topological polar surface area (TPSA) is 162 Å². The number of nitrogens with zero attached hydrogens (tertiary/aromatic N) is 7. The van der Waals surface area contributed by atoms with Crippen molar-refractivity contribution in [3.05, 3.63) is 42.1 Å². The molecule has 0 amide bonds. The van der Waals surface area contributed by atoms with Crippen LogP contribution in [0.15, 0.2) is 35.7 Å². The minimum absolute atomic E-state index is 0.0316. The lowest BCUT2D eigenvalue weighted by Gasteiger charge is -2.34. The van der Waals surface area contributed by atoms with Crippen molar-refractivity contribution < 1.29 is 18.8 Å². The van der Waals surface area contributed by atoms with E-state index in [9.17, 15) is 4.55 Å². The molecule has 3 atom stereocenters. The summed E-state index contributed by atoms with van der Waals surface area (Å²) in [5.74, 6) is 3.33. The molecule has 14 nitrogen and oxygen atoms in total. The zero-order valence-electron chi connectivity index (χ0n) is 29.3. The highest BCUT2D eigenvalue weighted by Crippen LogP contribution is 2.37. The van der Waals surface area contributed by atoms with Gasteiger partial charge in [-0.25, -0.2) is 19.9 Å². The van der Waals surface area contributed by atoms with Crippen LogP contribution in [0.4, 0.5) is 17.6 Å². The van der Waals surface area contributed by atoms with Crippen molar-refractivity contribution in [3.8, 4) is 11.5 Å². The van der Waals surface area contributed by atoms with Crippen molar-refractivity contribution in [1.29, 1.82) is 0 Å². The van der Waals surface area contributed by atoms with E-state index in [1.54, 1.807) is 12.4 Å². The summed E-state index contributed by atoms with van der Waals surface area (Å²) in [5, 5.41) is 14.8. The Labute approximate surface area is 290 Å². The van der Waals surface area contributed by atoms with Gasteiger partial charge in [0.15, 0.2) is 16.4 Å². The number of nitrogens with one attached hydrogen (secondary N) is 3. The smallest absolute Gasteiger partial charge is 0.225 e. The van der Waals surface area contributed by atoms with Gasteiger partial charge in [0.25, 0.3) is 0 Å². The lowest BCUT2D eigenvalue weighted by atomic mass is 10.2. The molecule has 3 N–H and O–H groups in total. The molecule has 5 heterocycles. The monoisotopic (exact) mass is 692 g/mol. The van der Waals surface area contributed by atoms with Crippen LogP contribution in [0.25, 0.3) is 10.9 Å². The third kappa shape index (κ3) is 8.70. The van der Waals surface area contributed by atoms with Crippen LogP contribution in [0.5, 0.6) is 11.5 Å². The van der Waals surface area contributed by atoms with Crippen LogP contribution >= 0.6 is 0 Å². The van der Waals surface area contributed by atoms with Crippen LogP contribution in [0, 0.1) is 13.8 Å². The normalized spacial score (nSPS) is 19.6. The Balaban J connectivity index is 1.01. The number of piperazine rings is 1. The number of aryl methyl sites for hydroxylation is 1. The summed E-state index contributed by atoms with van der Waals surface area (Å²) >= 11 is -1.33. The van der Waals surface area contributed by atoms with Gasteiger partial charge in [0.2, 0.25) is 5.95 Å². The second-order valence-electron chi connectivity index (χ2n) is 13.7. The SMILES string of the molecule is Cc1n[nH]c(Nc2ncnc3cc(OCCCN4CCN(c5ncc(OC[C@H]6CNC(C)CO6)cn5)CC4)c([S+]([O-])C(C)(C)C)cc23)c1C. The molecule has 15 heteroatoms. The first-order valence-electron chi connectivity index (χ1n) is 16.9. The van der Waals surface area contributed by atoms with Crippen molar-refractivity contribution in [2.24, 2.45) is 0 Å². The molecule has 0 spiro atoms. The number of hydrogen-bond donors (Lipinski definition) is 3. The number of ether oxygens (including phenoxy) is 3. The van der Waals surface area contributed by atoms with Gasteiger partial charge in [-0.1, -0.05) is 0 Å². The van der Waals surface area contributed by atoms with Gasteiger partial charge in [-0.3, -0.25) is 10.00 Å². The molecule has 2 aliphatic rings. The number of rotatable bonds is 12. The standard InChI is InChI=1S/C34H48N10O4S/c1-22-19-47-26(18-35-22)20-48-25-16-36-33(37-17-25)44-11-9-43(10-12-44)8-7-13-46-29-15-28-27(14-30(29)49(45)34(4,5)6)32(39-21-38-28)40-31-23(2)24(3)41-42-31/h14-17,21-22,26,35H,7-13,18-20H2,1-6H3,(H2,38,39,40,41,42)/t22?,26-,49?/m1/s1. The third-order valence-electron chi connectivity index (χ3n) is 8.81. The zero-order chi connectivity index (χ0) is 34.5. The Morgan fingerprint density at radius 3 is 2.51 bits per heavy atom. The summed E-state index contributed by atoms with van der Waals surface area (Å²) in [6, 6.07) is 4.15. The van der Waals surface area contributed by atoms with E-state index in [1.807, 2.05) is 46.8 Å². The molecule has 3 aromatic heterocycles. The van der Waals surface area contributed by atoms with Crippen molar-refractivity contribution in [2.75, 3.05) is 69.3 Å². The number of aromatic nitrogens is 6. The van der Waals surface area contributed by atoms with Gasteiger partial charge in [-0.15, -0.1) is 0 Å². The van der Waals surface area contributed by atoms with Crippen molar-refractivity contribution in [1.82, 2.24) is 40.3 Å². The molecular formula is C34H48N10O4S. The number of aromatic amines is 1.